The summed E-state index contributed by atoms with van der Waals surface area (Å²) in [5.41, 5.74) is 0. The fourth-order valence-electron chi connectivity index (χ4n) is 4.67. The first-order valence-electron chi connectivity index (χ1n) is 15.8. The Morgan fingerprint density at radius 1 is 0.814 bits per heavy atom. The number of halogens is 1. The largest absolute Gasteiger partial charge is 0.469 e. The molecule has 0 radical (unpaired) electrons. The number of esters is 1. The Morgan fingerprint density at radius 2 is 1.30 bits per heavy atom. The smallest absolute Gasteiger partial charge is 0.308 e. The van der Waals surface area contributed by atoms with Crippen LogP contribution < -0.4 is 0 Å². The molecule has 0 aromatic rings. The minimum atomic E-state index is -2.34. The summed E-state index contributed by atoms with van der Waals surface area (Å²) in [6.45, 7) is 33.9. The van der Waals surface area contributed by atoms with Crippen LogP contribution >= 0.6 is 22.6 Å². The van der Waals surface area contributed by atoms with Crippen molar-refractivity contribution in [3.8, 4) is 9.85 Å². The Labute approximate surface area is 280 Å². The maximum absolute atomic E-state index is 12.3. The van der Waals surface area contributed by atoms with Crippen LogP contribution in [-0.4, -0.2) is 80.8 Å². The SMILES string of the molecule is COC(=O)CC1CCC2O[C@@H](C(C#CI)O[Si](C)(C)C(C)(C)C)C(O[Si](C)(C)C(C)(C)C)C(O[Si](C)(C)C(C)(C)C)[C@H]2O1. The third-order valence-corrected chi connectivity index (χ3v) is 24.3. The van der Waals surface area contributed by atoms with Crippen molar-refractivity contribution in [1.82, 2.24) is 0 Å². The molecule has 2 fully saturated rings. The molecular formula is C32H61IO7Si3. The lowest BCUT2D eigenvalue weighted by atomic mass is 9.87. The van der Waals surface area contributed by atoms with Crippen molar-refractivity contribution in [1.29, 1.82) is 0 Å². The molecule has 2 aliphatic heterocycles. The van der Waals surface area contributed by atoms with Crippen LogP contribution in [0.5, 0.6) is 0 Å². The number of methoxy groups -OCH3 is 1. The van der Waals surface area contributed by atoms with Crippen LogP contribution in [0.2, 0.25) is 54.4 Å². The van der Waals surface area contributed by atoms with E-state index >= 15 is 0 Å². The fourth-order valence-corrected chi connectivity index (χ4v) is 8.76. The summed E-state index contributed by atoms with van der Waals surface area (Å²) >= 11 is 2.11. The normalized spacial score (nSPS) is 28.4. The summed E-state index contributed by atoms with van der Waals surface area (Å²) in [5, 5.41) is -0.0737. The van der Waals surface area contributed by atoms with Gasteiger partial charge in [0.2, 0.25) is 0 Å². The highest BCUT2D eigenvalue weighted by atomic mass is 127. The number of ether oxygens (including phenoxy) is 3. The average molecular weight is 769 g/mol. The van der Waals surface area contributed by atoms with Crippen molar-refractivity contribution < 1.29 is 32.3 Å². The Kier molecular flexibility index (Phi) is 12.9. The molecule has 0 aliphatic carbocycles. The lowest BCUT2D eigenvalue weighted by Gasteiger charge is -2.55. The lowest BCUT2D eigenvalue weighted by molar-refractivity contribution is -0.266. The molecular weight excluding hydrogens is 708 g/mol. The van der Waals surface area contributed by atoms with E-state index in [1.807, 2.05) is 0 Å². The monoisotopic (exact) mass is 768 g/mol. The lowest BCUT2D eigenvalue weighted by Crippen LogP contribution is -2.69. The first-order chi connectivity index (χ1) is 19.3. The molecule has 7 atom stereocenters. The van der Waals surface area contributed by atoms with Gasteiger partial charge in [-0.3, -0.25) is 4.79 Å². The van der Waals surface area contributed by atoms with E-state index in [1.165, 1.54) is 7.11 Å². The van der Waals surface area contributed by atoms with Crippen LogP contribution in [0.15, 0.2) is 0 Å². The molecule has 0 N–H and O–H groups in total. The van der Waals surface area contributed by atoms with E-state index in [0.717, 1.165) is 6.42 Å². The van der Waals surface area contributed by atoms with E-state index in [9.17, 15) is 4.79 Å². The van der Waals surface area contributed by atoms with Crippen molar-refractivity contribution in [2.75, 3.05) is 7.11 Å². The van der Waals surface area contributed by atoms with E-state index < -0.39 is 49.4 Å². The molecule has 2 heterocycles. The van der Waals surface area contributed by atoms with Gasteiger partial charge >= 0.3 is 5.97 Å². The highest BCUT2D eigenvalue weighted by Gasteiger charge is 2.58. The van der Waals surface area contributed by atoms with Gasteiger partial charge < -0.3 is 27.5 Å². The third-order valence-electron chi connectivity index (χ3n) is 10.6. The summed E-state index contributed by atoms with van der Waals surface area (Å²) < 4.78 is 43.6. The Balaban J connectivity index is 2.74. The van der Waals surface area contributed by atoms with Gasteiger partial charge in [-0.1, -0.05) is 68.2 Å². The predicted molar refractivity (Wildman–Crippen MR) is 191 cm³/mol. The summed E-state index contributed by atoms with van der Waals surface area (Å²) in [6.07, 6.45) is -1.01. The number of fused-ring (bicyclic) bond motifs is 1. The van der Waals surface area contributed by atoms with E-state index in [4.69, 9.17) is 27.5 Å². The second-order valence-electron chi connectivity index (χ2n) is 16.9. The van der Waals surface area contributed by atoms with E-state index in [2.05, 4.69) is 134 Å². The molecule has 0 bridgehead atoms. The van der Waals surface area contributed by atoms with Crippen LogP contribution in [0.3, 0.4) is 0 Å². The van der Waals surface area contributed by atoms with E-state index in [0.29, 0.717) is 6.42 Å². The molecule has 0 amide bonds. The van der Waals surface area contributed by atoms with Crippen LogP contribution in [0, 0.1) is 9.85 Å². The molecule has 11 heteroatoms. The first-order valence-corrected chi connectivity index (χ1v) is 25.6. The molecule has 250 valence electrons. The Hall–Kier alpha value is 0.211. The van der Waals surface area contributed by atoms with Gasteiger partial charge in [-0.2, -0.15) is 0 Å². The number of carbonyl (C=O) groups is 1. The quantitative estimate of drug-likeness (QED) is 0.101. The zero-order chi connectivity index (χ0) is 33.4. The predicted octanol–water partition coefficient (Wildman–Crippen LogP) is 8.43. The minimum Gasteiger partial charge on any atom is -0.469 e. The Bertz CT molecular complexity index is 1020. The molecule has 2 aliphatic rings. The van der Waals surface area contributed by atoms with Gasteiger partial charge in [0.25, 0.3) is 0 Å². The van der Waals surface area contributed by atoms with Gasteiger partial charge in [-0.15, -0.1) is 0 Å². The van der Waals surface area contributed by atoms with Crippen LogP contribution in [0.1, 0.15) is 81.6 Å². The average Bonchev–Trinajstić information content (AvgIpc) is 2.82. The van der Waals surface area contributed by atoms with E-state index in [-0.39, 0.29) is 45.8 Å². The molecule has 0 spiro atoms. The second-order valence-corrected chi connectivity index (χ2v) is 31.8. The summed E-state index contributed by atoms with van der Waals surface area (Å²) in [7, 11) is -5.46. The van der Waals surface area contributed by atoms with Crippen LogP contribution in [0.25, 0.3) is 0 Å². The van der Waals surface area contributed by atoms with Crippen molar-refractivity contribution in [2.24, 2.45) is 0 Å². The van der Waals surface area contributed by atoms with Crippen LogP contribution in [0.4, 0.5) is 0 Å². The minimum absolute atomic E-state index is 0.00269. The zero-order valence-corrected chi connectivity index (χ0v) is 35.1. The molecule has 2 rings (SSSR count). The summed E-state index contributed by atoms with van der Waals surface area (Å²) in [4.78, 5) is 12.3. The van der Waals surface area contributed by atoms with Crippen LogP contribution in [-0.2, 0) is 32.3 Å². The van der Waals surface area contributed by atoms with Gasteiger partial charge in [0.15, 0.2) is 25.0 Å². The van der Waals surface area contributed by atoms with Gasteiger partial charge in [0.05, 0.1) is 25.7 Å². The number of rotatable bonds is 9. The molecule has 5 unspecified atom stereocenters. The zero-order valence-electron chi connectivity index (χ0n) is 29.9. The maximum Gasteiger partial charge on any atom is 0.308 e. The summed E-state index contributed by atoms with van der Waals surface area (Å²) in [5.74, 6) is 3.13. The third kappa shape index (κ3) is 9.62. The molecule has 43 heavy (non-hydrogen) atoms. The van der Waals surface area contributed by atoms with Gasteiger partial charge in [0, 0.05) is 22.6 Å². The van der Waals surface area contributed by atoms with Crippen molar-refractivity contribution in [2.45, 2.75) is 179 Å². The second kappa shape index (κ2) is 14.1. The molecule has 2 saturated heterocycles. The first kappa shape index (κ1) is 39.4. The van der Waals surface area contributed by atoms with Crippen molar-refractivity contribution in [3.05, 3.63) is 0 Å². The van der Waals surface area contributed by atoms with Crippen molar-refractivity contribution >= 4 is 53.5 Å². The topological polar surface area (TPSA) is 72.5 Å². The van der Waals surface area contributed by atoms with E-state index in [1.54, 1.807) is 0 Å². The fraction of sp³-hybridized carbons (Fsp3) is 0.906. The summed E-state index contributed by atoms with van der Waals surface area (Å²) in [6, 6.07) is 0. The number of carbonyl (C=O) groups excluding carboxylic acids is 1. The highest BCUT2D eigenvalue weighted by Crippen LogP contribution is 2.47. The van der Waals surface area contributed by atoms with Gasteiger partial charge in [-0.25, -0.2) is 0 Å². The molecule has 0 saturated carbocycles. The van der Waals surface area contributed by atoms with Gasteiger partial charge in [-0.05, 0) is 71.2 Å². The highest BCUT2D eigenvalue weighted by molar-refractivity contribution is 14.1. The molecule has 7 nitrogen and oxygen atoms in total. The van der Waals surface area contributed by atoms with Gasteiger partial charge in [0.1, 0.15) is 30.5 Å². The standard InChI is InChI=1S/C32H61IO7Si3/c1-30(2,3)41(11,12)38-24(19-20-33)27-29(40-43(15,16)32(7,8)9)28(39-42(13,14)31(4,5)6)26-23(37-27)18-17-22(36-26)21-25(34)35-10/h22-24,26-29H,17-18,21H2,1-16H3/t22?,23?,24?,26-,27-,28?,29?/m0/s1. The number of hydrogen-bond donors (Lipinski definition) is 0. The maximum atomic E-state index is 12.3. The molecule has 0 aromatic heterocycles. The molecule has 0 aromatic carbocycles. The Morgan fingerprint density at radius 3 is 1.74 bits per heavy atom. The van der Waals surface area contributed by atoms with Crippen molar-refractivity contribution in [3.63, 3.8) is 0 Å². The number of hydrogen-bond acceptors (Lipinski definition) is 7.